The van der Waals surface area contributed by atoms with Gasteiger partial charge in [0, 0.05) is 0 Å². The molecular weight excluding hydrogens is 264 g/mol. The summed E-state index contributed by atoms with van der Waals surface area (Å²) in [6.07, 6.45) is 2.26. The molecule has 110 valence electrons. The quantitative estimate of drug-likeness (QED) is 0.873. The van der Waals surface area contributed by atoms with Crippen LogP contribution in [0.2, 0.25) is 0 Å². The summed E-state index contributed by atoms with van der Waals surface area (Å²) in [5.41, 5.74) is 1.69. The lowest BCUT2D eigenvalue weighted by atomic mass is 9.64. The van der Waals surface area contributed by atoms with Crippen molar-refractivity contribution in [2.24, 2.45) is 5.41 Å². The summed E-state index contributed by atoms with van der Waals surface area (Å²) in [7, 11) is 0. The zero-order chi connectivity index (χ0) is 15.2. The first-order valence-electron chi connectivity index (χ1n) is 7.44. The maximum Gasteiger partial charge on any atom is 0.309 e. The number of phenolic OH excluding ortho intramolecular Hbond substituents is 1. The average Bonchev–Trinajstić information content (AvgIpc) is 2.45. The third kappa shape index (κ3) is 2.08. The smallest absolute Gasteiger partial charge is 0.309 e. The fourth-order valence-electron chi connectivity index (χ4n) is 3.73. The highest BCUT2D eigenvalue weighted by molar-refractivity contribution is 5.86. The van der Waals surface area contributed by atoms with E-state index in [-0.39, 0.29) is 11.7 Å². The lowest BCUT2D eigenvalue weighted by Gasteiger charge is -2.39. The second-order valence-corrected chi connectivity index (χ2v) is 6.27. The van der Waals surface area contributed by atoms with Gasteiger partial charge in [0.15, 0.2) is 0 Å². The van der Waals surface area contributed by atoms with Crippen molar-refractivity contribution in [3.8, 4) is 5.75 Å². The van der Waals surface area contributed by atoms with Crippen molar-refractivity contribution in [1.29, 1.82) is 0 Å². The summed E-state index contributed by atoms with van der Waals surface area (Å²) in [6, 6.07) is 9.55. The molecule has 0 spiro atoms. The van der Waals surface area contributed by atoms with Gasteiger partial charge in [0.1, 0.15) is 5.75 Å². The second-order valence-electron chi connectivity index (χ2n) is 6.27. The Hall–Kier alpha value is -2.03. The largest absolute Gasteiger partial charge is 0.508 e. The number of aryl methyl sites for hydroxylation is 1. The van der Waals surface area contributed by atoms with Gasteiger partial charge in [-0.3, -0.25) is 4.79 Å². The zero-order valence-electron chi connectivity index (χ0n) is 12.4. The molecule has 0 saturated carbocycles. The Morgan fingerprint density at radius 3 is 2.71 bits per heavy atom. The number of aliphatic carboxylic acids is 1. The molecule has 21 heavy (non-hydrogen) atoms. The van der Waals surface area contributed by atoms with Crippen molar-refractivity contribution in [3.63, 3.8) is 0 Å². The van der Waals surface area contributed by atoms with E-state index in [1.54, 1.807) is 12.1 Å². The average molecular weight is 284 g/mol. The van der Waals surface area contributed by atoms with Gasteiger partial charge < -0.3 is 10.2 Å². The molecule has 0 heterocycles. The summed E-state index contributed by atoms with van der Waals surface area (Å²) in [6.45, 7) is 3.93. The first-order valence-corrected chi connectivity index (χ1v) is 7.44. The van der Waals surface area contributed by atoms with Crippen molar-refractivity contribution >= 4 is 16.7 Å². The second kappa shape index (κ2) is 4.76. The zero-order valence-corrected chi connectivity index (χ0v) is 12.4. The first kappa shape index (κ1) is 13.9. The normalized spacial score (nSPS) is 24.8. The van der Waals surface area contributed by atoms with E-state index < -0.39 is 11.4 Å². The van der Waals surface area contributed by atoms with E-state index in [2.05, 4.69) is 19.1 Å². The molecule has 0 radical (unpaired) electrons. The Kier molecular flexibility index (Phi) is 3.16. The maximum absolute atomic E-state index is 11.7. The van der Waals surface area contributed by atoms with E-state index in [1.807, 2.05) is 13.0 Å². The molecule has 2 N–H and O–H groups in total. The van der Waals surface area contributed by atoms with Gasteiger partial charge >= 0.3 is 5.97 Å². The van der Waals surface area contributed by atoms with Gasteiger partial charge in [0.05, 0.1) is 5.41 Å². The topological polar surface area (TPSA) is 57.5 Å². The van der Waals surface area contributed by atoms with Crippen molar-refractivity contribution in [1.82, 2.24) is 0 Å². The third-order valence-corrected chi connectivity index (χ3v) is 5.04. The Bertz CT molecular complexity index is 720. The molecule has 2 atom stereocenters. The predicted octanol–water partition coefficient (Wildman–Crippen LogP) is 4.08. The van der Waals surface area contributed by atoms with Crippen LogP contribution in [-0.4, -0.2) is 16.2 Å². The van der Waals surface area contributed by atoms with E-state index in [4.69, 9.17) is 0 Å². The molecule has 0 aliphatic heterocycles. The molecule has 0 saturated heterocycles. The number of phenols is 1. The van der Waals surface area contributed by atoms with Crippen LogP contribution in [0.1, 0.15) is 43.7 Å². The molecule has 3 rings (SSSR count). The van der Waals surface area contributed by atoms with Crippen LogP contribution in [0.15, 0.2) is 30.3 Å². The van der Waals surface area contributed by atoms with Crippen LogP contribution in [0.5, 0.6) is 5.75 Å². The summed E-state index contributed by atoms with van der Waals surface area (Å²) in [5.74, 6) is -0.400. The minimum Gasteiger partial charge on any atom is -0.508 e. The molecule has 3 nitrogen and oxygen atoms in total. The fraction of sp³-hybridized carbons (Fsp3) is 0.389. The minimum absolute atomic E-state index is 0.0388. The number of carboxylic acids is 1. The lowest BCUT2D eigenvalue weighted by molar-refractivity contribution is -0.150. The van der Waals surface area contributed by atoms with Crippen LogP contribution in [0.4, 0.5) is 0 Å². The van der Waals surface area contributed by atoms with Crippen LogP contribution in [-0.2, 0) is 11.2 Å². The van der Waals surface area contributed by atoms with E-state index >= 15 is 0 Å². The molecule has 1 aliphatic carbocycles. The molecule has 0 fully saturated rings. The molecule has 0 aromatic heterocycles. The highest BCUT2D eigenvalue weighted by atomic mass is 16.4. The number of aromatic hydroxyl groups is 1. The van der Waals surface area contributed by atoms with Crippen LogP contribution in [0.3, 0.4) is 0 Å². The Labute approximate surface area is 124 Å². The molecule has 2 aromatic carbocycles. The number of carboxylic acid groups (broad SMARTS) is 1. The fourth-order valence-corrected chi connectivity index (χ4v) is 3.73. The van der Waals surface area contributed by atoms with Crippen LogP contribution in [0, 0.1) is 5.41 Å². The number of fused-ring (bicyclic) bond motifs is 2. The minimum atomic E-state index is -0.703. The van der Waals surface area contributed by atoms with E-state index in [0.717, 1.165) is 29.2 Å². The lowest BCUT2D eigenvalue weighted by Crippen LogP contribution is -2.38. The molecule has 2 unspecified atom stereocenters. The summed E-state index contributed by atoms with van der Waals surface area (Å²) in [5, 5.41) is 21.3. The Balaban J connectivity index is 2.20. The summed E-state index contributed by atoms with van der Waals surface area (Å²) in [4.78, 5) is 11.7. The highest BCUT2D eigenvalue weighted by Gasteiger charge is 2.44. The molecule has 3 heteroatoms. The van der Waals surface area contributed by atoms with Gasteiger partial charge in [-0.05, 0) is 66.1 Å². The van der Waals surface area contributed by atoms with Gasteiger partial charge in [-0.25, -0.2) is 0 Å². The number of hydrogen-bond donors (Lipinski definition) is 2. The third-order valence-electron chi connectivity index (χ3n) is 5.04. The molecule has 0 amide bonds. The van der Waals surface area contributed by atoms with Crippen molar-refractivity contribution in [2.45, 2.75) is 39.0 Å². The maximum atomic E-state index is 11.7. The van der Waals surface area contributed by atoms with Crippen molar-refractivity contribution in [2.75, 3.05) is 0 Å². The SMILES string of the molecule is CCC1c2cc3ccc(O)cc3cc2CCC1(C)C(=O)O. The van der Waals surface area contributed by atoms with Gasteiger partial charge in [0.2, 0.25) is 0 Å². The monoisotopic (exact) mass is 284 g/mol. The van der Waals surface area contributed by atoms with E-state index in [1.165, 1.54) is 5.56 Å². The molecule has 0 bridgehead atoms. The van der Waals surface area contributed by atoms with Crippen LogP contribution < -0.4 is 0 Å². The van der Waals surface area contributed by atoms with E-state index in [0.29, 0.717) is 6.42 Å². The highest BCUT2D eigenvalue weighted by Crippen LogP contribution is 2.48. The molecule has 2 aromatic rings. The van der Waals surface area contributed by atoms with E-state index in [9.17, 15) is 15.0 Å². The van der Waals surface area contributed by atoms with Gasteiger partial charge in [-0.1, -0.05) is 25.1 Å². The number of benzene rings is 2. The molecule has 1 aliphatic rings. The van der Waals surface area contributed by atoms with Crippen molar-refractivity contribution in [3.05, 3.63) is 41.5 Å². The number of rotatable bonds is 2. The summed E-state index contributed by atoms with van der Waals surface area (Å²) < 4.78 is 0. The van der Waals surface area contributed by atoms with Crippen molar-refractivity contribution < 1.29 is 15.0 Å². The van der Waals surface area contributed by atoms with Crippen LogP contribution >= 0.6 is 0 Å². The number of carbonyl (C=O) groups is 1. The molecular formula is C18H20O3. The van der Waals surface area contributed by atoms with Crippen LogP contribution in [0.25, 0.3) is 10.8 Å². The predicted molar refractivity (Wildman–Crippen MR) is 82.7 cm³/mol. The number of hydrogen-bond acceptors (Lipinski definition) is 2. The summed E-state index contributed by atoms with van der Waals surface area (Å²) >= 11 is 0. The first-order chi connectivity index (χ1) is 9.95. The van der Waals surface area contributed by atoms with Gasteiger partial charge in [0.25, 0.3) is 0 Å². The Morgan fingerprint density at radius 1 is 1.29 bits per heavy atom. The van der Waals surface area contributed by atoms with Gasteiger partial charge in [-0.2, -0.15) is 0 Å². The van der Waals surface area contributed by atoms with Gasteiger partial charge in [-0.15, -0.1) is 0 Å². The standard InChI is InChI=1S/C18H20O3/c1-3-16-15-10-11-4-5-14(19)9-13(11)8-12(15)6-7-18(16,2)17(20)21/h4-5,8-10,16,19H,3,6-7H2,1-2H3,(H,20,21). The Morgan fingerprint density at radius 2 is 2.05 bits per heavy atom.